The molecule has 0 saturated carbocycles. The molecule has 0 amide bonds. The molecule has 2 saturated heterocycles. The topological polar surface area (TPSA) is 18.5 Å². The van der Waals surface area contributed by atoms with Gasteiger partial charge in [-0.2, -0.15) is 0 Å². The van der Waals surface area contributed by atoms with Crippen LogP contribution in [0.25, 0.3) is 0 Å². The number of rotatable bonds is 3. The number of likely N-dealkylation sites (tertiary alicyclic amines) is 1. The van der Waals surface area contributed by atoms with E-state index >= 15 is 0 Å². The average molecular weight is 239 g/mol. The smallest absolute Gasteiger partial charge is 0.0197 e. The summed E-state index contributed by atoms with van der Waals surface area (Å²) in [5, 5.41) is 3.68. The summed E-state index contributed by atoms with van der Waals surface area (Å²) in [7, 11) is 4.43. The molecule has 3 nitrogen and oxygen atoms in total. The molecule has 100 valence electrons. The van der Waals surface area contributed by atoms with Crippen LogP contribution in [-0.2, 0) is 0 Å². The Labute approximate surface area is 107 Å². The van der Waals surface area contributed by atoms with Gasteiger partial charge in [0.05, 0.1) is 0 Å². The highest BCUT2D eigenvalue weighted by atomic mass is 15.2. The van der Waals surface area contributed by atoms with Gasteiger partial charge in [0.1, 0.15) is 0 Å². The molecule has 0 spiro atoms. The highest BCUT2D eigenvalue weighted by Gasteiger charge is 2.24. The molecule has 0 aliphatic carbocycles. The zero-order valence-electron chi connectivity index (χ0n) is 11.8. The molecule has 2 aliphatic rings. The van der Waals surface area contributed by atoms with Crippen molar-refractivity contribution in [3.63, 3.8) is 0 Å². The van der Waals surface area contributed by atoms with Crippen molar-refractivity contribution in [2.24, 2.45) is 5.92 Å². The van der Waals surface area contributed by atoms with Crippen LogP contribution in [-0.4, -0.2) is 62.2 Å². The lowest BCUT2D eigenvalue weighted by atomic mass is 9.93. The second kappa shape index (κ2) is 6.17. The van der Waals surface area contributed by atoms with Crippen LogP contribution in [0.5, 0.6) is 0 Å². The summed E-state index contributed by atoms with van der Waals surface area (Å²) in [5.74, 6) is 0.917. The van der Waals surface area contributed by atoms with Gasteiger partial charge < -0.3 is 15.1 Å². The molecule has 2 aliphatic heterocycles. The molecule has 2 fully saturated rings. The lowest BCUT2D eigenvalue weighted by Gasteiger charge is -2.38. The summed E-state index contributed by atoms with van der Waals surface area (Å²) in [6, 6.07) is 1.55. The molecule has 1 N–H and O–H groups in total. The second-order valence-corrected chi connectivity index (χ2v) is 6.28. The zero-order chi connectivity index (χ0) is 12.3. The van der Waals surface area contributed by atoms with Gasteiger partial charge in [-0.05, 0) is 65.3 Å². The third kappa shape index (κ3) is 3.94. The fraction of sp³-hybridized carbons (Fsp3) is 1.00. The standard InChI is InChI=1S/C14H29N3/c1-12-4-7-15-13(10-12)11-17-8-5-14(6-9-17)16(2)3/h12-15H,4-11H2,1-3H3. The van der Waals surface area contributed by atoms with Gasteiger partial charge in [0.25, 0.3) is 0 Å². The SMILES string of the molecule is CC1CCNC(CN2CCC(N(C)C)CC2)C1. The maximum absolute atomic E-state index is 3.68. The average Bonchev–Trinajstić information content (AvgIpc) is 2.29. The first-order chi connectivity index (χ1) is 8.15. The van der Waals surface area contributed by atoms with Crippen molar-refractivity contribution < 1.29 is 0 Å². The van der Waals surface area contributed by atoms with E-state index in [2.05, 4.69) is 36.1 Å². The van der Waals surface area contributed by atoms with Crippen molar-refractivity contribution in [1.29, 1.82) is 0 Å². The number of piperidine rings is 2. The normalized spacial score (nSPS) is 33.2. The van der Waals surface area contributed by atoms with Gasteiger partial charge in [0, 0.05) is 18.6 Å². The molecule has 17 heavy (non-hydrogen) atoms. The largest absolute Gasteiger partial charge is 0.313 e. The third-order valence-electron chi connectivity index (χ3n) is 4.52. The van der Waals surface area contributed by atoms with Gasteiger partial charge in [-0.1, -0.05) is 6.92 Å². The molecule has 0 aromatic carbocycles. The van der Waals surface area contributed by atoms with Crippen LogP contribution in [0.1, 0.15) is 32.6 Å². The Kier molecular flexibility index (Phi) is 4.83. The minimum atomic E-state index is 0.745. The molecule has 3 heteroatoms. The molecule has 0 radical (unpaired) electrons. The lowest BCUT2D eigenvalue weighted by Crippen LogP contribution is -2.49. The number of nitrogens with one attached hydrogen (secondary N) is 1. The Bertz CT molecular complexity index is 222. The number of hydrogen-bond donors (Lipinski definition) is 1. The van der Waals surface area contributed by atoms with Crippen molar-refractivity contribution in [3.8, 4) is 0 Å². The van der Waals surface area contributed by atoms with Crippen LogP contribution in [0.3, 0.4) is 0 Å². The Hall–Kier alpha value is -0.120. The van der Waals surface area contributed by atoms with Crippen molar-refractivity contribution in [1.82, 2.24) is 15.1 Å². The summed E-state index contributed by atoms with van der Waals surface area (Å²) in [6.07, 6.45) is 5.41. The van der Waals surface area contributed by atoms with E-state index in [0.717, 1.165) is 18.0 Å². The summed E-state index contributed by atoms with van der Waals surface area (Å²) in [6.45, 7) is 7.46. The zero-order valence-corrected chi connectivity index (χ0v) is 11.8. The summed E-state index contributed by atoms with van der Waals surface area (Å²) >= 11 is 0. The summed E-state index contributed by atoms with van der Waals surface area (Å²) < 4.78 is 0. The molecule has 2 atom stereocenters. The maximum Gasteiger partial charge on any atom is 0.0197 e. The van der Waals surface area contributed by atoms with Crippen LogP contribution in [0.4, 0.5) is 0 Å². The van der Waals surface area contributed by atoms with Crippen molar-refractivity contribution in [2.75, 3.05) is 40.3 Å². The minimum Gasteiger partial charge on any atom is -0.313 e. The highest BCUT2D eigenvalue weighted by Crippen LogP contribution is 2.19. The van der Waals surface area contributed by atoms with E-state index in [1.165, 1.54) is 51.9 Å². The summed E-state index contributed by atoms with van der Waals surface area (Å²) in [4.78, 5) is 5.05. The van der Waals surface area contributed by atoms with Crippen molar-refractivity contribution >= 4 is 0 Å². The van der Waals surface area contributed by atoms with Gasteiger partial charge in [-0.15, -0.1) is 0 Å². The number of nitrogens with zero attached hydrogens (tertiary/aromatic N) is 2. The fourth-order valence-corrected chi connectivity index (χ4v) is 3.29. The Morgan fingerprint density at radius 3 is 2.47 bits per heavy atom. The first-order valence-corrected chi connectivity index (χ1v) is 7.27. The molecule has 2 rings (SSSR count). The quantitative estimate of drug-likeness (QED) is 0.803. The van der Waals surface area contributed by atoms with Crippen LogP contribution in [0.15, 0.2) is 0 Å². The third-order valence-corrected chi connectivity index (χ3v) is 4.52. The van der Waals surface area contributed by atoms with Gasteiger partial charge in [-0.3, -0.25) is 0 Å². The van der Waals surface area contributed by atoms with E-state index in [9.17, 15) is 0 Å². The van der Waals surface area contributed by atoms with Crippen molar-refractivity contribution in [2.45, 2.75) is 44.7 Å². The predicted octanol–water partition coefficient (Wildman–Crippen LogP) is 1.40. The van der Waals surface area contributed by atoms with Gasteiger partial charge in [0.2, 0.25) is 0 Å². The van der Waals surface area contributed by atoms with Gasteiger partial charge >= 0.3 is 0 Å². The molecule has 2 unspecified atom stereocenters. The molecule has 0 aromatic heterocycles. The van der Waals surface area contributed by atoms with Crippen LogP contribution >= 0.6 is 0 Å². The van der Waals surface area contributed by atoms with E-state index in [4.69, 9.17) is 0 Å². The van der Waals surface area contributed by atoms with E-state index in [0.29, 0.717) is 0 Å². The summed E-state index contributed by atoms with van der Waals surface area (Å²) in [5.41, 5.74) is 0. The molecule has 0 bridgehead atoms. The van der Waals surface area contributed by atoms with E-state index in [-0.39, 0.29) is 0 Å². The van der Waals surface area contributed by atoms with Crippen LogP contribution < -0.4 is 5.32 Å². The van der Waals surface area contributed by atoms with E-state index in [1.54, 1.807) is 0 Å². The predicted molar refractivity (Wildman–Crippen MR) is 73.3 cm³/mol. The van der Waals surface area contributed by atoms with Gasteiger partial charge in [0.15, 0.2) is 0 Å². The molecule has 2 heterocycles. The monoisotopic (exact) mass is 239 g/mol. The first-order valence-electron chi connectivity index (χ1n) is 7.27. The number of hydrogen-bond acceptors (Lipinski definition) is 3. The molecule has 0 aromatic rings. The van der Waals surface area contributed by atoms with Crippen LogP contribution in [0, 0.1) is 5.92 Å². The van der Waals surface area contributed by atoms with Crippen molar-refractivity contribution in [3.05, 3.63) is 0 Å². The minimum absolute atomic E-state index is 0.745. The highest BCUT2D eigenvalue weighted by molar-refractivity contribution is 4.83. The second-order valence-electron chi connectivity index (χ2n) is 6.28. The lowest BCUT2D eigenvalue weighted by molar-refractivity contribution is 0.126. The fourth-order valence-electron chi connectivity index (χ4n) is 3.29. The van der Waals surface area contributed by atoms with Gasteiger partial charge in [-0.25, -0.2) is 0 Å². The van der Waals surface area contributed by atoms with E-state index in [1.807, 2.05) is 0 Å². The van der Waals surface area contributed by atoms with Crippen LogP contribution in [0.2, 0.25) is 0 Å². The Balaban J connectivity index is 1.70. The Morgan fingerprint density at radius 1 is 1.18 bits per heavy atom. The Morgan fingerprint density at radius 2 is 1.88 bits per heavy atom. The first kappa shape index (κ1) is 13.3. The molecular formula is C14H29N3. The van der Waals surface area contributed by atoms with E-state index < -0.39 is 0 Å². The molecular weight excluding hydrogens is 210 g/mol. The maximum atomic E-state index is 3.68.